The summed E-state index contributed by atoms with van der Waals surface area (Å²) in [6.45, 7) is 2.46. The fourth-order valence-corrected chi connectivity index (χ4v) is 3.95. The van der Waals surface area contributed by atoms with Gasteiger partial charge >= 0.3 is 5.97 Å². The van der Waals surface area contributed by atoms with Crippen molar-refractivity contribution in [2.75, 3.05) is 5.32 Å². The van der Waals surface area contributed by atoms with Gasteiger partial charge in [-0.3, -0.25) is 19.1 Å². The van der Waals surface area contributed by atoms with Crippen molar-refractivity contribution < 1.29 is 19.5 Å². The van der Waals surface area contributed by atoms with E-state index in [1.54, 1.807) is 17.0 Å². The lowest BCUT2D eigenvalue weighted by Crippen LogP contribution is -2.37. The van der Waals surface area contributed by atoms with Crippen LogP contribution in [0.2, 0.25) is 0 Å². The molecule has 0 spiro atoms. The second-order valence-electron chi connectivity index (χ2n) is 7.54. The second kappa shape index (κ2) is 9.03. The quantitative estimate of drug-likeness (QED) is 0.648. The summed E-state index contributed by atoms with van der Waals surface area (Å²) in [6.07, 6.45) is 11.3. The van der Waals surface area contributed by atoms with Crippen LogP contribution in [0, 0.1) is 11.8 Å². The summed E-state index contributed by atoms with van der Waals surface area (Å²) >= 11 is 0. The number of carbonyl (C=O) groups is 3. The minimum absolute atomic E-state index is 0.136. The first kappa shape index (κ1) is 20.1. The third-order valence-corrected chi connectivity index (χ3v) is 5.59. The monoisotopic (exact) mass is 388 g/mol. The molecule has 3 rings (SSSR count). The Morgan fingerprint density at radius 1 is 1.14 bits per heavy atom. The average molecular weight is 388 g/mol. The normalized spacial score (nSPS) is 22.6. The van der Waals surface area contributed by atoms with Gasteiger partial charge in [0.25, 0.3) is 5.91 Å². The standard InChI is InChI=1S/C20H28N4O4/c1-2-24-12-16(17(23-24)19(26)21-13-8-4-3-5-9-13)22-18(25)14-10-6-7-11-15(14)20(27)28/h6-7,12-15H,2-5,8-11H2,1H3,(H,21,26)(H,22,25)(H,27,28)/t14-,15-/m1/s1. The van der Waals surface area contributed by atoms with Crippen molar-refractivity contribution in [3.63, 3.8) is 0 Å². The number of aromatic nitrogens is 2. The van der Waals surface area contributed by atoms with E-state index in [9.17, 15) is 19.5 Å². The molecule has 8 nitrogen and oxygen atoms in total. The summed E-state index contributed by atoms with van der Waals surface area (Å²) in [5.74, 6) is -3.09. The van der Waals surface area contributed by atoms with E-state index in [-0.39, 0.29) is 23.6 Å². The van der Waals surface area contributed by atoms with Gasteiger partial charge in [-0.25, -0.2) is 0 Å². The van der Waals surface area contributed by atoms with Crippen molar-refractivity contribution in [3.05, 3.63) is 24.0 Å². The van der Waals surface area contributed by atoms with Crippen LogP contribution in [0.15, 0.2) is 18.3 Å². The van der Waals surface area contributed by atoms with Crippen molar-refractivity contribution >= 4 is 23.5 Å². The number of carboxylic acid groups (broad SMARTS) is 1. The van der Waals surface area contributed by atoms with Gasteiger partial charge in [0.2, 0.25) is 5.91 Å². The third kappa shape index (κ3) is 4.61. The van der Waals surface area contributed by atoms with E-state index in [1.165, 1.54) is 6.42 Å². The summed E-state index contributed by atoms with van der Waals surface area (Å²) in [5, 5.41) is 19.5. The van der Waals surface area contributed by atoms with E-state index >= 15 is 0 Å². The molecule has 2 atom stereocenters. The average Bonchev–Trinajstić information content (AvgIpc) is 3.11. The highest BCUT2D eigenvalue weighted by Gasteiger charge is 2.35. The largest absolute Gasteiger partial charge is 0.481 e. The zero-order valence-electron chi connectivity index (χ0n) is 16.2. The number of carboxylic acids is 1. The Bertz CT molecular complexity index is 764. The van der Waals surface area contributed by atoms with Gasteiger partial charge in [0, 0.05) is 18.8 Å². The molecule has 1 saturated carbocycles. The summed E-state index contributed by atoms with van der Waals surface area (Å²) in [7, 11) is 0. The number of rotatable bonds is 6. The molecule has 1 fully saturated rings. The van der Waals surface area contributed by atoms with Crippen molar-refractivity contribution in [1.82, 2.24) is 15.1 Å². The molecule has 0 aliphatic heterocycles. The van der Waals surface area contributed by atoms with Crippen LogP contribution in [0.4, 0.5) is 5.69 Å². The fraction of sp³-hybridized carbons (Fsp3) is 0.600. The molecule has 0 bridgehead atoms. The van der Waals surface area contributed by atoms with Crippen LogP contribution in [0.5, 0.6) is 0 Å². The van der Waals surface area contributed by atoms with Gasteiger partial charge in [-0.2, -0.15) is 5.10 Å². The van der Waals surface area contributed by atoms with Crippen molar-refractivity contribution in [3.8, 4) is 0 Å². The Balaban J connectivity index is 1.74. The molecule has 1 heterocycles. The Morgan fingerprint density at radius 3 is 2.46 bits per heavy atom. The molecule has 28 heavy (non-hydrogen) atoms. The number of allylic oxidation sites excluding steroid dienone is 2. The van der Waals surface area contributed by atoms with E-state index in [1.807, 2.05) is 13.0 Å². The molecule has 8 heteroatoms. The van der Waals surface area contributed by atoms with E-state index < -0.39 is 17.8 Å². The molecule has 2 amide bonds. The first-order chi connectivity index (χ1) is 13.5. The highest BCUT2D eigenvalue weighted by Crippen LogP contribution is 2.28. The van der Waals surface area contributed by atoms with Crippen molar-refractivity contribution in [2.24, 2.45) is 11.8 Å². The number of aryl methyl sites for hydroxylation is 1. The molecule has 0 radical (unpaired) electrons. The van der Waals surface area contributed by atoms with Gasteiger partial charge < -0.3 is 15.7 Å². The second-order valence-corrected chi connectivity index (χ2v) is 7.54. The van der Waals surface area contributed by atoms with Gasteiger partial charge in [0.05, 0.1) is 17.5 Å². The van der Waals surface area contributed by atoms with Crippen LogP contribution in [0.3, 0.4) is 0 Å². The Kier molecular flexibility index (Phi) is 6.49. The molecule has 2 aliphatic rings. The molecule has 0 saturated heterocycles. The number of amides is 2. The van der Waals surface area contributed by atoms with Gasteiger partial charge in [-0.1, -0.05) is 31.4 Å². The topological polar surface area (TPSA) is 113 Å². The van der Waals surface area contributed by atoms with E-state index in [4.69, 9.17) is 0 Å². The van der Waals surface area contributed by atoms with Gasteiger partial charge in [-0.05, 0) is 32.6 Å². The minimum atomic E-state index is -0.982. The van der Waals surface area contributed by atoms with Crippen LogP contribution < -0.4 is 10.6 Å². The Hall–Kier alpha value is -2.64. The summed E-state index contributed by atoms with van der Waals surface area (Å²) in [5.41, 5.74) is 0.512. The van der Waals surface area contributed by atoms with E-state index in [0.29, 0.717) is 25.1 Å². The lowest BCUT2D eigenvalue weighted by Gasteiger charge is -2.24. The molecule has 152 valence electrons. The maximum absolute atomic E-state index is 12.8. The molecule has 0 aromatic carbocycles. The highest BCUT2D eigenvalue weighted by atomic mass is 16.4. The number of carbonyl (C=O) groups excluding carboxylic acids is 2. The maximum atomic E-state index is 12.8. The predicted molar refractivity (Wildman–Crippen MR) is 104 cm³/mol. The van der Waals surface area contributed by atoms with Crippen LogP contribution in [-0.2, 0) is 16.1 Å². The number of hydrogen-bond donors (Lipinski definition) is 3. The summed E-state index contributed by atoms with van der Waals surface area (Å²) in [4.78, 5) is 37.0. The number of anilines is 1. The van der Waals surface area contributed by atoms with E-state index in [0.717, 1.165) is 25.7 Å². The zero-order valence-corrected chi connectivity index (χ0v) is 16.2. The lowest BCUT2D eigenvalue weighted by atomic mass is 9.82. The predicted octanol–water partition coefficient (Wildman–Crippen LogP) is 2.57. The minimum Gasteiger partial charge on any atom is -0.481 e. The number of nitrogens with zero attached hydrogens (tertiary/aromatic N) is 2. The van der Waals surface area contributed by atoms with Gasteiger partial charge in [0.15, 0.2) is 5.69 Å². The third-order valence-electron chi connectivity index (χ3n) is 5.59. The van der Waals surface area contributed by atoms with Gasteiger partial charge in [-0.15, -0.1) is 0 Å². The molecule has 1 aromatic rings. The van der Waals surface area contributed by atoms with Crippen LogP contribution in [0.25, 0.3) is 0 Å². The molecule has 3 N–H and O–H groups in total. The zero-order chi connectivity index (χ0) is 20.1. The van der Waals surface area contributed by atoms with Crippen molar-refractivity contribution in [1.29, 1.82) is 0 Å². The summed E-state index contributed by atoms with van der Waals surface area (Å²) < 4.78 is 1.60. The van der Waals surface area contributed by atoms with Crippen LogP contribution in [-0.4, -0.2) is 38.7 Å². The SMILES string of the molecule is CCn1cc(NC(=O)[C@@H]2CC=CC[C@H]2C(=O)O)c(C(=O)NC2CCCCC2)n1. The maximum Gasteiger partial charge on any atom is 0.307 e. The first-order valence-electron chi connectivity index (χ1n) is 10.1. The molecule has 1 aromatic heterocycles. The lowest BCUT2D eigenvalue weighted by molar-refractivity contribution is -0.146. The molecular formula is C20H28N4O4. The molecule has 0 unspecified atom stereocenters. The van der Waals surface area contributed by atoms with Crippen LogP contribution >= 0.6 is 0 Å². The highest BCUT2D eigenvalue weighted by molar-refractivity contribution is 6.03. The molecular weight excluding hydrogens is 360 g/mol. The smallest absolute Gasteiger partial charge is 0.307 e. The number of aliphatic carboxylic acids is 1. The number of hydrogen-bond acceptors (Lipinski definition) is 4. The number of nitrogens with one attached hydrogen (secondary N) is 2. The summed E-state index contributed by atoms with van der Waals surface area (Å²) in [6, 6.07) is 0.136. The first-order valence-corrected chi connectivity index (χ1v) is 10.1. The molecule has 2 aliphatic carbocycles. The Labute approximate surface area is 164 Å². The Morgan fingerprint density at radius 2 is 1.82 bits per heavy atom. The van der Waals surface area contributed by atoms with Crippen molar-refractivity contribution in [2.45, 2.75) is 64.5 Å². The van der Waals surface area contributed by atoms with Gasteiger partial charge in [0.1, 0.15) is 0 Å². The fourth-order valence-electron chi connectivity index (χ4n) is 3.95. The van der Waals surface area contributed by atoms with E-state index in [2.05, 4.69) is 15.7 Å². The van der Waals surface area contributed by atoms with Crippen LogP contribution in [0.1, 0.15) is 62.4 Å².